The number of aromatic nitrogens is 2. The first kappa shape index (κ1) is 18.4. The Balaban J connectivity index is 1.63. The fourth-order valence-corrected chi connectivity index (χ4v) is 2.75. The number of furan rings is 1. The Kier molecular flexibility index (Phi) is 5.12. The summed E-state index contributed by atoms with van der Waals surface area (Å²) in [7, 11) is 3.31. The summed E-state index contributed by atoms with van der Waals surface area (Å²) in [6, 6.07) is 10.6. The van der Waals surface area contributed by atoms with Crippen LogP contribution in [0.1, 0.15) is 38.2 Å². The number of rotatable bonds is 5. The van der Waals surface area contributed by atoms with Gasteiger partial charge >= 0.3 is 0 Å². The van der Waals surface area contributed by atoms with Crippen LogP contribution in [-0.2, 0) is 6.54 Å². The molecule has 1 aromatic carbocycles. The van der Waals surface area contributed by atoms with E-state index in [0.717, 1.165) is 22.8 Å². The SMILES string of the molecule is Cc1nc(-c2ccc(C(=O)NCc3ccc(C(=O)N(C)C)o3)cc2)c(C)[nH]1. The first-order valence-corrected chi connectivity index (χ1v) is 8.57. The van der Waals surface area contributed by atoms with Crippen molar-refractivity contribution in [3.63, 3.8) is 0 Å². The summed E-state index contributed by atoms with van der Waals surface area (Å²) < 4.78 is 5.47. The number of carbonyl (C=O) groups is 2. The van der Waals surface area contributed by atoms with Crippen molar-refractivity contribution in [2.45, 2.75) is 20.4 Å². The molecular formula is C20H22N4O3. The fraction of sp³-hybridized carbons (Fsp3) is 0.250. The molecule has 3 rings (SSSR count). The Morgan fingerprint density at radius 3 is 2.41 bits per heavy atom. The Morgan fingerprint density at radius 2 is 1.81 bits per heavy atom. The zero-order chi connectivity index (χ0) is 19.6. The van der Waals surface area contributed by atoms with Crippen LogP contribution in [0.2, 0.25) is 0 Å². The van der Waals surface area contributed by atoms with Gasteiger partial charge in [0.05, 0.1) is 12.2 Å². The molecule has 7 nitrogen and oxygen atoms in total. The maximum absolute atomic E-state index is 12.3. The van der Waals surface area contributed by atoms with Crippen LogP contribution in [0.25, 0.3) is 11.3 Å². The van der Waals surface area contributed by atoms with E-state index in [1.165, 1.54) is 4.90 Å². The Labute approximate surface area is 157 Å². The van der Waals surface area contributed by atoms with Gasteiger partial charge in [-0.3, -0.25) is 9.59 Å². The minimum atomic E-state index is -0.216. The highest BCUT2D eigenvalue weighted by molar-refractivity contribution is 5.94. The predicted molar refractivity (Wildman–Crippen MR) is 101 cm³/mol. The van der Waals surface area contributed by atoms with Crippen LogP contribution in [0.5, 0.6) is 0 Å². The molecule has 140 valence electrons. The van der Waals surface area contributed by atoms with Crippen LogP contribution in [0.4, 0.5) is 0 Å². The van der Waals surface area contributed by atoms with Gasteiger partial charge in [0.25, 0.3) is 11.8 Å². The van der Waals surface area contributed by atoms with Gasteiger partial charge in [0.1, 0.15) is 11.6 Å². The number of H-pyrrole nitrogens is 1. The molecule has 0 fully saturated rings. The van der Waals surface area contributed by atoms with E-state index < -0.39 is 0 Å². The summed E-state index contributed by atoms with van der Waals surface area (Å²) in [5, 5.41) is 2.79. The van der Waals surface area contributed by atoms with Crippen molar-refractivity contribution in [1.82, 2.24) is 20.2 Å². The van der Waals surface area contributed by atoms with Crippen molar-refractivity contribution in [2.24, 2.45) is 0 Å². The molecule has 0 unspecified atom stereocenters. The van der Waals surface area contributed by atoms with Crippen LogP contribution < -0.4 is 5.32 Å². The average Bonchev–Trinajstić information content (AvgIpc) is 3.25. The van der Waals surface area contributed by atoms with Crippen LogP contribution in [0.15, 0.2) is 40.8 Å². The molecule has 2 aromatic heterocycles. The third-order valence-corrected chi connectivity index (χ3v) is 4.13. The normalized spacial score (nSPS) is 10.7. The molecule has 0 spiro atoms. The van der Waals surface area contributed by atoms with Gasteiger partial charge in [0.2, 0.25) is 0 Å². The number of carbonyl (C=O) groups excluding carboxylic acids is 2. The van der Waals surface area contributed by atoms with Crippen molar-refractivity contribution in [3.05, 3.63) is 65.0 Å². The quantitative estimate of drug-likeness (QED) is 0.726. The van der Waals surface area contributed by atoms with E-state index in [2.05, 4.69) is 15.3 Å². The summed E-state index contributed by atoms with van der Waals surface area (Å²) >= 11 is 0. The Morgan fingerprint density at radius 1 is 1.11 bits per heavy atom. The molecule has 27 heavy (non-hydrogen) atoms. The van der Waals surface area contributed by atoms with Crippen molar-refractivity contribution in [2.75, 3.05) is 14.1 Å². The van der Waals surface area contributed by atoms with Gasteiger partial charge in [-0.05, 0) is 38.1 Å². The lowest BCUT2D eigenvalue weighted by Gasteiger charge is -2.07. The maximum atomic E-state index is 12.3. The van der Waals surface area contributed by atoms with Crippen LogP contribution >= 0.6 is 0 Å². The largest absolute Gasteiger partial charge is 0.454 e. The molecule has 0 aliphatic heterocycles. The fourth-order valence-electron chi connectivity index (χ4n) is 2.75. The Bertz CT molecular complexity index is 968. The summed E-state index contributed by atoms with van der Waals surface area (Å²) in [6.45, 7) is 4.08. The standard InChI is InChI=1S/C20H22N4O3/c1-12-18(23-13(2)22-12)14-5-7-15(8-6-14)19(25)21-11-16-9-10-17(27-16)20(26)24(3)4/h5-10H,11H2,1-4H3,(H,21,25)(H,22,23). The van der Waals surface area contributed by atoms with E-state index in [1.54, 1.807) is 38.4 Å². The minimum absolute atomic E-state index is 0.207. The number of benzene rings is 1. The second-order valence-corrected chi connectivity index (χ2v) is 6.52. The second kappa shape index (κ2) is 7.49. The zero-order valence-corrected chi connectivity index (χ0v) is 15.8. The molecule has 2 N–H and O–H groups in total. The number of hydrogen-bond acceptors (Lipinski definition) is 4. The van der Waals surface area contributed by atoms with E-state index in [4.69, 9.17) is 4.42 Å². The smallest absolute Gasteiger partial charge is 0.289 e. The lowest BCUT2D eigenvalue weighted by Crippen LogP contribution is -2.22. The highest BCUT2D eigenvalue weighted by Gasteiger charge is 2.14. The molecule has 2 amide bonds. The second-order valence-electron chi connectivity index (χ2n) is 6.52. The predicted octanol–water partition coefficient (Wildman–Crippen LogP) is 2.92. The van der Waals surface area contributed by atoms with Gasteiger partial charge in [0, 0.05) is 30.9 Å². The molecule has 2 heterocycles. The lowest BCUT2D eigenvalue weighted by molar-refractivity contribution is 0.0794. The number of hydrogen-bond donors (Lipinski definition) is 2. The number of nitrogens with one attached hydrogen (secondary N) is 2. The average molecular weight is 366 g/mol. The molecular weight excluding hydrogens is 344 g/mol. The minimum Gasteiger partial charge on any atom is -0.454 e. The third kappa shape index (κ3) is 4.08. The van der Waals surface area contributed by atoms with Crippen molar-refractivity contribution in [1.29, 1.82) is 0 Å². The van der Waals surface area contributed by atoms with E-state index in [9.17, 15) is 9.59 Å². The molecule has 0 atom stereocenters. The molecule has 0 bridgehead atoms. The van der Waals surface area contributed by atoms with Crippen molar-refractivity contribution >= 4 is 11.8 Å². The molecule has 0 radical (unpaired) electrons. The van der Waals surface area contributed by atoms with Gasteiger partial charge < -0.3 is 19.6 Å². The van der Waals surface area contributed by atoms with Crippen LogP contribution in [0.3, 0.4) is 0 Å². The monoisotopic (exact) mass is 366 g/mol. The Hall–Kier alpha value is -3.35. The molecule has 0 saturated carbocycles. The number of aromatic amines is 1. The summed E-state index contributed by atoms with van der Waals surface area (Å²) in [4.78, 5) is 33.2. The summed E-state index contributed by atoms with van der Waals surface area (Å²) in [5.41, 5.74) is 3.37. The lowest BCUT2D eigenvalue weighted by atomic mass is 10.1. The van der Waals surface area contributed by atoms with Gasteiger partial charge in [-0.15, -0.1) is 0 Å². The third-order valence-electron chi connectivity index (χ3n) is 4.13. The molecule has 0 aliphatic carbocycles. The number of imidazole rings is 1. The van der Waals surface area contributed by atoms with E-state index in [0.29, 0.717) is 11.3 Å². The molecule has 0 aliphatic rings. The van der Waals surface area contributed by atoms with Crippen LogP contribution in [-0.4, -0.2) is 40.8 Å². The highest BCUT2D eigenvalue weighted by atomic mass is 16.4. The number of aryl methyl sites for hydroxylation is 2. The van der Waals surface area contributed by atoms with Crippen molar-refractivity contribution in [3.8, 4) is 11.3 Å². The van der Waals surface area contributed by atoms with Gasteiger partial charge in [-0.1, -0.05) is 12.1 Å². The molecule has 7 heteroatoms. The summed E-state index contributed by atoms with van der Waals surface area (Å²) in [6.07, 6.45) is 0. The first-order chi connectivity index (χ1) is 12.8. The number of nitrogens with zero attached hydrogens (tertiary/aromatic N) is 2. The van der Waals surface area contributed by atoms with Gasteiger partial charge in [-0.2, -0.15) is 0 Å². The van der Waals surface area contributed by atoms with Gasteiger partial charge in [-0.25, -0.2) is 4.98 Å². The van der Waals surface area contributed by atoms with Crippen molar-refractivity contribution < 1.29 is 14.0 Å². The molecule has 0 saturated heterocycles. The number of amides is 2. The highest BCUT2D eigenvalue weighted by Crippen LogP contribution is 2.21. The van der Waals surface area contributed by atoms with Crippen LogP contribution in [0, 0.1) is 13.8 Å². The van der Waals surface area contributed by atoms with Gasteiger partial charge in [0.15, 0.2) is 5.76 Å². The topological polar surface area (TPSA) is 91.2 Å². The maximum Gasteiger partial charge on any atom is 0.289 e. The van der Waals surface area contributed by atoms with E-state index in [-0.39, 0.29) is 24.1 Å². The first-order valence-electron chi connectivity index (χ1n) is 8.57. The van der Waals surface area contributed by atoms with E-state index >= 15 is 0 Å². The summed E-state index contributed by atoms with van der Waals surface area (Å²) in [5.74, 6) is 1.20. The molecule has 3 aromatic rings. The zero-order valence-electron chi connectivity index (χ0n) is 15.8. The van der Waals surface area contributed by atoms with E-state index in [1.807, 2.05) is 26.0 Å².